The van der Waals surface area contributed by atoms with E-state index in [1.807, 2.05) is 0 Å². The molecule has 434 valence electrons. The predicted octanol–water partition coefficient (Wildman–Crippen LogP) is 22.1. The summed E-state index contributed by atoms with van der Waals surface area (Å²) >= 11 is 0. The average molecular weight is 1050 g/mol. The summed E-state index contributed by atoms with van der Waals surface area (Å²) in [6.45, 7) is 6.60. The first kappa shape index (κ1) is 71.8. The van der Waals surface area contributed by atoms with Gasteiger partial charge in [-0.1, -0.05) is 286 Å². The summed E-state index contributed by atoms with van der Waals surface area (Å²) in [4.78, 5) is 38.4. The second kappa shape index (κ2) is 63.4. The molecule has 0 bridgehead atoms. The smallest absolute Gasteiger partial charge is 0.306 e. The van der Waals surface area contributed by atoms with Crippen molar-refractivity contribution < 1.29 is 28.6 Å². The highest BCUT2D eigenvalue weighted by Crippen LogP contribution is 2.17. The second-order valence-electron chi connectivity index (χ2n) is 21.7. The van der Waals surface area contributed by atoms with Gasteiger partial charge in [-0.25, -0.2) is 0 Å². The number of hydrogen-bond acceptors (Lipinski definition) is 6. The van der Waals surface area contributed by atoms with E-state index in [0.29, 0.717) is 19.3 Å². The zero-order valence-corrected chi connectivity index (χ0v) is 49.8. The first-order chi connectivity index (χ1) is 37.0. The summed E-state index contributed by atoms with van der Waals surface area (Å²) in [7, 11) is 0. The van der Waals surface area contributed by atoms with Crippen LogP contribution in [0.4, 0.5) is 0 Å². The first-order valence-electron chi connectivity index (χ1n) is 32.4. The van der Waals surface area contributed by atoms with Gasteiger partial charge in [-0.3, -0.25) is 14.4 Å². The van der Waals surface area contributed by atoms with Crippen LogP contribution in [0, 0.1) is 0 Å². The highest BCUT2D eigenvalue weighted by molar-refractivity contribution is 5.71. The van der Waals surface area contributed by atoms with E-state index in [1.54, 1.807) is 0 Å². The fraction of sp³-hybridized carbons (Fsp3) is 0.783. The standard InChI is InChI=1S/C69H122O6/c1-4-7-10-13-16-19-22-25-28-31-34-37-40-43-46-49-52-55-58-61-67(70)73-64-66(75-69(72)63-60-57-54-51-48-45-42-39-36-33-30-27-24-21-18-15-12-9-6-3)65-74-68(71)62-59-56-53-50-47-44-41-38-35-32-29-26-23-20-17-14-11-8-5-2/h16,18-19,21,25,27-28,30,34,37,43,46,66H,4-15,17,20,22-24,26,29,31-33,35-36,38-42,44-45,47-65H2,1-3H3/b19-16-,21-18-,28-25-,30-27-,37-34-,46-43-/t66-/m0/s1. The fourth-order valence-electron chi connectivity index (χ4n) is 9.28. The van der Waals surface area contributed by atoms with E-state index in [4.69, 9.17) is 14.2 Å². The Balaban J connectivity index is 4.42. The highest BCUT2D eigenvalue weighted by atomic mass is 16.6. The molecule has 0 rings (SSSR count). The number of carbonyl (C=O) groups is 3. The molecule has 0 spiro atoms. The van der Waals surface area contributed by atoms with Crippen molar-refractivity contribution in [3.05, 3.63) is 72.9 Å². The van der Waals surface area contributed by atoms with Gasteiger partial charge in [0.05, 0.1) is 0 Å². The monoisotopic (exact) mass is 1050 g/mol. The third-order valence-electron chi connectivity index (χ3n) is 14.2. The van der Waals surface area contributed by atoms with Crippen LogP contribution >= 0.6 is 0 Å². The van der Waals surface area contributed by atoms with Crippen LogP contribution in [0.3, 0.4) is 0 Å². The van der Waals surface area contributed by atoms with Gasteiger partial charge >= 0.3 is 17.9 Å². The van der Waals surface area contributed by atoms with Gasteiger partial charge in [0.1, 0.15) is 13.2 Å². The number of carbonyl (C=O) groups excluding carboxylic acids is 3. The van der Waals surface area contributed by atoms with Crippen LogP contribution < -0.4 is 0 Å². The number of rotatable bonds is 59. The SMILES string of the molecule is CCCCC/C=C\C/C=C\C/C=C\C/C=C\CCCCCC(=O)OC[C@@H](COC(=O)CCCCCCCCCCCCCCCCCCCCC)OC(=O)CCCCCCCCCCC/C=C\C/C=C\CCCCC. The van der Waals surface area contributed by atoms with Crippen molar-refractivity contribution in [2.45, 2.75) is 335 Å². The lowest BCUT2D eigenvalue weighted by Crippen LogP contribution is -2.30. The maximum Gasteiger partial charge on any atom is 0.306 e. The average Bonchev–Trinajstić information content (AvgIpc) is 3.41. The number of hydrogen-bond donors (Lipinski definition) is 0. The Bertz CT molecular complexity index is 1390. The lowest BCUT2D eigenvalue weighted by molar-refractivity contribution is -0.167. The molecule has 0 unspecified atom stereocenters. The Morgan fingerprint density at radius 3 is 0.787 bits per heavy atom. The molecule has 0 fully saturated rings. The van der Waals surface area contributed by atoms with Crippen molar-refractivity contribution in [2.24, 2.45) is 0 Å². The molecule has 0 aromatic carbocycles. The number of ether oxygens (including phenoxy) is 3. The summed E-state index contributed by atoms with van der Waals surface area (Å²) in [5.74, 6) is -0.904. The van der Waals surface area contributed by atoms with Crippen LogP contribution in [0.1, 0.15) is 329 Å². The van der Waals surface area contributed by atoms with E-state index in [0.717, 1.165) is 89.9 Å². The Morgan fingerprint density at radius 2 is 0.480 bits per heavy atom. The minimum Gasteiger partial charge on any atom is -0.462 e. The summed E-state index contributed by atoms with van der Waals surface area (Å²) in [5, 5.41) is 0. The molecule has 6 heteroatoms. The fourth-order valence-corrected chi connectivity index (χ4v) is 9.28. The second-order valence-corrected chi connectivity index (χ2v) is 21.7. The minimum atomic E-state index is -0.791. The van der Waals surface area contributed by atoms with E-state index >= 15 is 0 Å². The third-order valence-corrected chi connectivity index (χ3v) is 14.2. The quantitative estimate of drug-likeness (QED) is 0.0261. The molecule has 0 aromatic rings. The van der Waals surface area contributed by atoms with Crippen molar-refractivity contribution in [1.82, 2.24) is 0 Å². The van der Waals surface area contributed by atoms with Gasteiger partial charge in [0.25, 0.3) is 0 Å². The maximum atomic E-state index is 12.9. The van der Waals surface area contributed by atoms with Gasteiger partial charge in [-0.15, -0.1) is 0 Å². The topological polar surface area (TPSA) is 78.9 Å². The van der Waals surface area contributed by atoms with Crippen molar-refractivity contribution in [1.29, 1.82) is 0 Å². The molecule has 0 aromatic heterocycles. The molecule has 0 saturated carbocycles. The van der Waals surface area contributed by atoms with Crippen molar-refractivity contribution in [2.75, 3.05) is 13.2 Å². The van der Waals surface area contributed by atoms with Crippen LogP contribution in [0.15, 0.2) is 72.9 Å². The van der Waals surface area contributed by atoms with E-state index in [1.165, 1.54) is 199 Å². The molecule has 0 radical (unpaired) electrons. The third kappa shape index (κ3) is 61.6. The number of allylic oxidation sites excluding steroid dienone is 12. The van der Waals surface area contributed by atoms with Gasteiger partial charge in [0.2, 0.25) is 0 Å². The summed E-state index contributed by atoms with van der Waals surface area (Å²) in [6.07, 6.45) is 81.8. The molecule has 75 heavy (non-hydrogen) atoms. The van der Waals surface area contributed by atoms with Gasteiger partial charge in [-0.2, -0.15) is 0 Å². The van der Waals surface area contributed by atoms with Crippen molar-refractivity contribution in [3.8, 4) is 0 Å². The molecule has 0 heterocycles. The lowest BCUT2D eigenvalue weighted by Gasteiger charge is -2.18. The Hall–Kier alpha value is -3.15. The molecule has 6 nitrogen and oxygen atoms in total. The van der Waals surface area contributed by atoms with E-state index in [2.05, 4.69) is 93.7 Å². The number of esters is 3. The lowest BCUT2D eigenvalue weighted by atomic mass is 10.0. The molecule has 0 N–H and O–H groups in total. The molecule has 0 amide bonds. The highest BCUT2D eigenvalue weighted by Gasteiger charge is 2.19. The number of unbranched alkanes of at least 4 members (excludes halogenated alkanes) is 36. The van der Waals surface area contributed by atoms with E-state index in [9.17, 15) is 14.4 Å². The predicted molar refractivity (Wildman–Crippen MR) is 325 cm³/mol. The molecule has 0 saturated heterocycles. The first-order valence-corrected chi connectivity index (χ1v) is 32.4. The van der Waals surface area contributed by atoms with Crippen LogP contribution in [-0.4, -0.2) is 37.2 Å². The molecular formula is C69H122O6. The van der Waals surface area contributed by atoms with Crippen LogP contribution in [0.2, 0.25) is 0 Å². The van der Waals surface area contributed by atoms with Gasteiger partial charge in [0.15, 0.2) is 6.10 Å². The van der Waals surface area contributed by atoms with Crippen LogP contribution in [-0.2, 0) is 28.6 Å². The molecule has 0 aliphatic rings. The molecular weight excluding hydrogens is 925 g/mol. The normalized spacial score (nSPS) is 12.5. The summed E-state index contributed by atoms with van der Waals surface area (Å²) < 4.78 is 16.9. The molecule has 0 aliphatic heterocycles. The summed E-state index contributed by atoms with van der Waals surface area (Å²) in [6, 6.07) is 0. The molecule has 0 aliphatic carbocycles. The summed E-state index contributed by atoms with van der Waals surface area (Å²) in [5.41, 5.74) is 0. The van der Waals surface area contributed by atoms with E-state index < -0.39 is 6.10 Å². The largest absolute Gasteiger partial charge is 0.462 e. The van der Waals surface area contributed by atoms with Crippen LogP contribution in [0.25, 0.3) is 0 Å². The Kier molecular flexibility index (Phi) is 60.7. The molecule has 1 atom stereocenters. The van der Waals surface area contributed by atoms with Gasteiger partial charge in [-0.05, 0) is 96.3 Å². The zero-order chi connectivity index (χ0) is 54.3. The Morgan fingerprint density at radius 1 is 0.267 bits per heavy atom. The van der Waals surface area contributed by atoms with Crippen LogP contribution in [0.5, 0.6) is 0 Å². The van der Waals surface area contributed by atoms with Gasteiger partial charge < -0.3 is 14.2 Å². The van der Waals surface area contributed by atoms with Gasteiger partial charge in [0, 0.05) is 19.3 Å². The van der Waals surface area contributed by atoms with E-state index in [-0.39, 0.29) is 31.1 Å². The zero-order valence-electron chi connectivity index (χ0n) is 49.8. The Labute approximate surface area is 465 Å². The van der Waals surface area contributed by atoms with Crippen molar-refractivity contribution >= 4 is 17.9 Å². The maximum absolute atomic E-state index is 12.9. The van der Waals surface area contributed by atoms with Crippen molar-refractivity contribution in [3.63, 3.8) is 0 Å². The minimum absolute atomic E-state index is 0.0844.